The van der Waals surface area contributed by atoms with Crippen molar-refractivity contribution in [2.75, 3.05) is 6.54 Å². The van der Waals surface area contributed by atoms with Crippen molar-refractivity contribution in [3.8, 4) is 0 Å². The molecule has 4 rings (SSSR count). The van der Waals surface area contributed by atoms with Crippen molar-refractivity contribution in [1.29, 1.82) is 0 Å². The second kappa shape index (κ2) is 12.5. The number of aromatic nitrogens is 2. The van der Waals surface area contributed by atoms with Gasteiger partial charge in [-0.1, -0.05) is 75.9 Å². The summed E-state index contributed by atoms with van der Waals surface area (Å²) in [5, 5.41) is 23.5. The van der Waals surface area contributed by atoms with Crippen LogP contribution in [0.25, 0.3) is 0 Å². The lowest BCUT2D eigenvalue weighted by atomic mass is 9.74. The number of nitrogens with zero attached hydrogens (tertiary/aromatic N) is 2. The highest BCUT2D eigenvalue weighted by Crippen LogP contribution is 2.38. The monoisotopic (exact) mass is 558 g/mol. The molecule has 0 aliphatic heterocycles. The summed E-state index contributed by atoms with van der Waals surface area (Å²) in [4.78, 5) is 0. The molecule has 1 heterocycles. The van der Waals surface area contributed by atoms with Crippen molar-refractivity contribution in [1.82, 2.24) is 20.4 Å². The van der Waals surface area contributed by atoms with Crippen LogP contribution in [0.3, 0.4) is 0 Å². The van der Waals surface area contributed by atoms with Gasteiger partial charge >= 0.3 is 0 Å². The molecular weight excluding hydrogens is 518 g/mol. The number of benzene rings is 2. The average Bonchev–Trinajstić information content (AvgIpc) is 3.21. The molecule has 2 unspecified atom stereocenters. The first-order valence-electron chi connectivity index (χ1n) is 13.9. The average molecular weight is 559 g/mol. The van der Waals surface area contributed by atoms with E-state index in [0.717, 1.165) is 31.7 Å². The number of aryl methyl sites for hydroxylation is 1. The Bertz CT molecular complexity index is 1230. The summed E-state index contributed by atoms with van der Waals surface area (Å²) >= 11 is 6.31. The molecule has 3 aromatic rings. The van der Waals surface area contributed by atoms with E-state index in [1.165, 1.54) is 29.7 Å². The van der Waals surface area contributed by atoms with Crippen molar-refractivity contribution >= 4 is 11.6 Å². The van der Waals surface area contributed by atoms with Crippen LogP contribution in [0.2, 0.25) is 5.02 Å². The molecule has 8 heteroatoms. The SMILES string of the molecule is Cn1cc(Cl)c(CNC(Cc2cc(F)cc(F)c2)C(O)CNC2(c3cccc(C(C)(C)C)c3)CCCCC2)n1. The Kier molecular flexibility index (Phi) is 9.48. The zero-order chi connectivity index (χ0) is 28.2. The van der Waals surface area contributed by atoms with Crippen LogP contribution in [0.15, 0.2) is 48.7 Å². The molecule has 0 spiro atoms. The van der Waals surface area contributed by atoms with Crippen LogP contribution in [0.1, 0.15) is 75.3 Å². The van der Waals surface area contributed by atoms with Gasteiger partial charge in [-0.25, -0.2) is 8.78 Å². The Morgan fingerprint density at radius 2 is 1.77 bits per heavy atom. The standard InChI is InChI=1S/C31H41ClF2N4O/c1-30(2,3)22-9-8-10-23(16-22)31(11-6-5-7-12-31)36-19-29(39)27(15-21-13-24(33)17-25(34)14-21)35-18-28-26(32)20-38(4)37-28/h8-10,13-14,16-17,20,27,29,35-36,39H,5-7,11-12,15,18-19H2,1-4H3. The fourth-order valence-corrected chi connectivity index (χ4v) is 5.87. The van der Waals surface area contributed by atoms with E-state index in [1.54, 1.807) is 17.9 Å². The van der Waals surface area contributed by atoms with Crippen LogP contribution in [0.4, 0.5) is 8.78 Å². The van der Waals surface area contributed by atoms with E-state index >= 15 is 0 Å². The summed E-state index contributed by atoms with van der Waals surface area (Å²) in [6.45, 7) is 7.30. The Morgan fingerprint density at radius 1 is 1.08 bits per heavy atom. The van der Waals surface area contributed by atoms with Gasteiger partial charge in [0.15, 0.2) is 0 Å². The molecule has 5 nitrogen and oxygen atoms in total. The first-order chi connectivity index (χ1) is 18.4. The highest BCUT2D eigenvalue weighted by atomic mass is 35.5. The van der Waals surface area contributed by atoms with Crippen molar-refractivity contribution < 1.29 is 13.9 Å². The van der Waals surface area contributed by atoms with Gasteiger partial charge in [0.1, 0.15) is 11.6 Å². The lowest BCUT2D eigenvalue weighted by molar-refractivity contribution is 0.103. The van der Waals surface area contributed by atoms with E-state index in [0.29, 0.717) is 29.4 Å². The number of hydrogen-bond donors (Lipinski definition) is 3. The molecule has 1 saturated carbocycles. The highest BCUT2D eigenvalue weighted by molar-refractivity contribution is 6.31. The van der Waals surface area contributed by atoms with Gasteiger partial charge in [0, 0.05) is 44.0 Å². The topological polar surface area (TPSA) is 62.1 Å². The normalized spacial score (nSPS) is 17.2. The Hall–Kier alpha value is -2.32. The number of hydrogen-bond acceptors (Lipinski definition) is 4. The molecule has 0 amide bonds. The van der Waals surface area contributed by atoms with Crippen LogP contribution < -0.4 is 10.6 Å². The van der Waals surface area contributed by atoms with Crippen LogP contribution in [0.5, 0.6) is 0 Å². The van der Waals surface area contributed by atoms with Gasteiger partial charge in [0.05, 0.1) is 16.8 Å². The second-order valence-electron chi connectivity index (χ2n) is 12.0. The highest BCUT2D eigenvalue weighted by Gasteiger charge is 2.35. The lowest BCUT2D eigenvalue weighted by Gasteiger charge is -2.41. The zero-order valence-corrected chi connectivity index (χ0v) is 24.2. The fraction of sp³-hybridized carbons (Fsp3) is 0.516. The largest absolute Gasteiger partial charge is 0.390 e. The molecule has 3 N–H and O–H groups in total. The third-order valence-electron chi connectivity index (χ3n) is 7.87. The predicted octanol–water partition coefficient (Wildman–Crippen LogP) is 6.16. The van der Waals surface area contributed by atoms with Gasteiger partial charge in [-0.15, -0.1) is 0 Å². The van der Waals surface area contributed by atoms with Gasteiger partial charge in [-0.3, -0.25) is 4.68 Å². The van der Waals surface area contributed by atoms with Gasteiger partial charge in [0.25, 0.3) is 0 Å². The minimum atomic E-state index is -0.830. The molecule has 0 saturated heterocycles. The van der Waals surface area contributed by atoms with E-state index < -0.39 is 23.8 Å². The Labute approximate surface area is 236 Å². The summed E-state index contributed by atoms with van der Waals surface area (Å²) < 4.78 is 29.6. The van der Waals surface area contributed by atoms with E-state index in [2.05, 4.69) is 60.8 Å². The van der Waals surface area contributed by atoms with Crippen LogP contribution in [0, 0.1) is 11.6 Å². The molecule has 1 aliphatic rings. The molecule has 2 atom stereocenters. The van der Waals surface area contributed by atoms with E-state index in [1.807, 2.05) is 0 Å². The number of aliphatic hydroxyl groups is 1. The predicted molar refractivity (Wildman–Crippen MR) is 153 cm³/mol. The molecule has 0 bridgehead atoms. The quantitative estimate of drug-likeness (QED) is 0.279. The molecule has 2 aromatic carbocycles. The summed E-state index contributed by atoms with van der Waals surface area (Å²) in [5.74, 6) is -1.27. The second-order valence-corrected chi connectivity index (χ2v) is 12.4. The number of rotatable bonds is 10. The summed E-state index contributed by atoms with van der Waals surface area (Å²) in [5.41, 5.74) is 3.46. The molecular formula is C31H41ClF2N4O. The first-order valence-corrected chi connectivity index (χ1v) is 14.2. The molecule has 1 aliphatic carbocycles. The summed E-state index contributed by atoms with van der Waals surface area (Å²) in [6, 6.07) is 11.8. The van der Waals surface area contributed by atoms with Crippen LogP contribution >= 0.6 is 11.6 Å². The van der Waals surface area contributed by atoms with Crippen molar-refractivity contribution in [3.63, 3.8) is 0 Å². The maximum Gasteiger partial charge on any atom is 0.126 e. The number of halogens is 3. The van der Waals surface area contributed by atoms with E-state index in [9.17, 15) is 13.9 Å². The van der Waals surface area contributed by atoms with E-state index in [-0.39, 0.29) is 17.4 Å². The third kappa shape index (κ3) is 7.66. The van der Waals surface area contributed by atoms with Gasteiger partial charge < -0.3 is 15.7 Å². The van der Waals surface area contributed by atoms with Crippen molar-refractivity contribution in [2.45, 2.75) is 88.9 Å². The zero-order valence-electron chi connectivity index (χ0n) is 23.4. The number of nitrogens with one attached hydrogen (secondary N) is 2. The minimum Gasteiger partial charge on any atom is -0.390 e. The van der Waals surface area contributed by atoms with Crippen molar-refractivity contribution in [2.24, 2.45) is 7.05 Å². The summed E-state index contributed by atoms with van der Waals surface area (Å²) in [6.07, 6.45) is 6.54. The maximum atomic E-state index is 14.0. The van der Waals surface area contributed by atoms with E-state index in [4.69, 9.17) is 11.6 Å². The van der Waals surface area contributed by atoms with Gasteiger partial charge in [-0.2, -0.15) is 5.10 Å². The van der Waals surface area contributed by atoms with Gasteiger partial charge in [-0.05, 0) is 53.5 Å². The summed E-state index contributed by atoms with van der Waals surface area (Å²) in [7, 11) is 1.79. The smallest absolute Gasteiger partial charge is 0.126 e. The van der Waals surface area contributed by atoms with Gasteiger partial charge in [0.2, 0.25) is 0 Å². The molecule has 212 valence electrons. The van der Waals surface area contributed by atoms with Crippen molar-refractivity contribution in [3.05, 3.63) is 87.7 Å². The molecule has 1 fully saturated rings. The fourth-order valence-electron chi connectivity index (χ4n) is 5.63. The Balaban J connectivity index is 1.55. The number of aliphatic hydroxyl groups excluding tert-OH is 1. The Morgan fingerprint density at radius 3 is 2.38 bits per heavy atom. The molecule has 1 aromatic heterocycles. The lowest BCUT2D eigenvalue weighted by Crippen LogP contribution is -2.52. The third-order valence-corrected chi connectivity index (χ3v) is 8.18. The van der Waals surface area contributed by atoms with Crippen LogP contribution in [-0.2, 0) is 31.0 Å². The maximum absolute atomic E-state index is 14.0. The first kappa shape index (κ1) is 29.7. The molecule has 0 radical (unpaired) electrons. The molecule has 39 heavy (non-hydrogen) atoms. The van der Waals surface area contributed by atoms with Crippen LogP contribution in [-0.4, -0.2) is 33.6 Å². The minimum absolute atomic E-state index is 0.0351.